The maximum Gasteiger partial charge on any atom is 0.275 e. The summed E-state index contributed by atoms with van der Waals surface area (Å²) in [6.45, 7) is 1.83. The number of quaternary nitrogens is 1. The molecule has 2 rings (SSSR count). The quantitative estimate of drug-likeness (QED) is 0.763. The Labute approximate surface area is 148 Å². The molecule has 0 spiro atoms. The second-order valence-corrected chi connectivity index (χ2v) is 6.33. The fraction of sp³-hybridized carbons (Fsp3) is 0.316. The van der Waals surface area contributed by atoms with Gasteiger partial charge in [-0.25, -0.2) is 0 Å². The first-order chi connectivity index (χ1) is 11.6. The fourth-order valence-electron chi connectivity index (χ4n) is 2.57. The lowest BCUT2D eigenvalue weighted by atomic mass is 10.1. The van der Waals surface area contributed by atoms with E-state index < -0.39 is 0 Å². The van der Waals surface area contributed by atoms with Crippen LogP contribution in [-0.2, 0) is 17.8 Å². The van der Waals surface area contributed by atoms with Crippen molar-refractivity contribution in [1.82, 2.24) is 5.32 Å². The van der Waals surface area contributed by atoms with Crippen LogP contribution < -0.4 is 15.0 Å². The number of ether oxygens (including phenoxy) is 1. The zero-order valence-electron chi connectivity index (χ0n) is 14.1. The number of amides is 1. The van der Waals surface area contributed by atoms with Gasteiger partial charge in [0.25, 0.3) is 5.91 Å². The van der Waals surface area contributed by atoms with Crippen molar-refractivity contribution in [3.63, 3.8) is 0 Å². The molecule has 0 heterocycles. The Morgan fingerprint density at radius 2 is 1.92 bits per heavy atom. The number of benzene rings is 2. The van der Waals surface area contributed by atoms with Crippen LogP contribution in [0.5, 0.6) is 5.75 Å². The van der Waals surface area contributed by atoms with Gasteiger partial charge in [-0.15, -0.1) is 0 Å². The molecule has 0 fully saturated rings. The van der Waals surface area contributed by atoms with Gasteiger partial charge in [0.05, 0.1) is 14.2 Å². The van der Waals surface area contributed by atoms with Crippen LogP contribution in [0.3, 0.4) is 0 Å². The molecule has 1 amide bonds. The minimum absolute atomic E-state index is 0.0532. The molecule has 0 saturated carbocycles. The molecule has 24 heavy (non-hydrogen) atoms. The van der Waals surface area contributed by atoms with E-state index in [1.165, 1.54) is 0 Å². The molecular weight excluding hydrogens is 324 g/mol. The largest absolute Gasteiger partial charge is 0.497 e. The van der Waals surface area contributed by atoms with Gasteiger partial charge in [0.2, 0.25) is 0 Å². The van der Waals surface area contributed by atoms with E-state index in [-0.39, 0.29) is 5.91 Å². The molecule has 0 aliphatic heterocycles. The van der Waals surface area contributed by atoms with Crippen LogP contribution in [0.4, 0.5) is 0 Å². The average Bonchev–Trinajstić information content (AvgIpc) is 2.55. The van der Waals surface area contributed by atoms with Gasteiger partial charge in [-0.05, 0) is 36.2 Å². The van der Waals surface area contributed by atoms with E-state index in [2.05, 4.69) is 5.32 Å². The van der Waals surface area contributed by atoms with Crippen molar-refractivity contribution in [3.05, 3.63) is 64.7 Å². The lowest BCUT2D eigenvalue weighted by Gasteiger charge is -2.14. The van der Waals surface area contributed by atoms with Crippen LogP contribution in [-0.4, -0.2) is 33.2 Å². The Morgan fingerprint density at radius 1 is 1.17 bits per heavy atom. The summed E-state index contributed by atoms with van der Waals surface area (Å²) in [7, 11) is 3.67. The Balaban J connectivity index is 1.73. The van der Waals surface area contributed by atoms with Crippen LogP contribution >= 0.6 is 11.6 Å². The van der Waals surface area contributed by atoms with Crippen LogP contribution in [0, 0.1) is 0 Å². The van der Waals surface area contributed by atoms with Crippen molar-refractivity contribution in [2.75, 3.05) is 27.2 Å². The summed E-state index contributed by atoms with van der Waals surface area (Å²) in [5.41, 5.74) is 2.28. The van der Waals surface area contributed by atoms with E-state index in [1.807, 2.05) is 55.6 Å². The monoisotopic (exact) mass is 347 g/mol. The van der Waals surface area contributed by atoms with Crippen molar-refractivity contribution < 1.29 is 14.4 Å². The molecule has 2 aromatic carbocycles. The zero-order valence-corrected chi connectivity index (χ0v) is 14.9. The second kappa shape index (κ2) is 9.30. The Bertz CT molecular complexity index is 676. The van der Waals surface area contributed by atoms with E-state index in [0.717, 1.165) is 39.8 Å². The Kier molecular flexibility index (Phi) is 7.09. The topological polar surface area (TPSA) is 42.8 Å². The van der Waals surface area contributed by atoms with Crippen molar-refractivity contribution in [3.8, 4) is 5.75 Å². The van der Waals surface area contributed by atoms with Gasteiger partial charge < -0.3 is 15.0 Å². The third-order valence-corrected chi connectivity index (χ3v) is 3.96. The number of carbonyl (C=O) groups is 1. The number of halogens is 1. The van der Waals surface area contributed by atoms with E-state index in [1.54, 1.807) is 7.11 Å². The molecule has 0 saturated heterocycles. The van der Waals surface area contributed by atoms with E-state index >= 15 is 0 Å². The minimum atomic E-state index is 0.0532. The highest BCUT2D eigenvalue weighted by molar-refractivity contribution is 6.30. The van der Waals surface area contributed by atoms with Gasteiger partial charge in [-0.3, -0.25) is 4.79 Å². The molecule has 2 aromatic rings. The zero-order chi connectivity index (χ0) is 17.4. The van der Waals surface area contributed by atoms with Gasteiger partial charge in [0.1, 0.15) is 12.3 Å². The number of methoxy groups -OCH3 is 1. The maximum absolute atomic E-state index is 12.0. The molecule has 1 unspecified atom stereocenters. The van der Waals surface area contributed by atoms with E-state index in [9.17, 15) is 4.79 Å². The second-order valence-electron chi connectivity index (χ2n) is 5.89. The van der Waals surface area contributed by atoms with Gasteiger partial charge in [-0.2, -0.15) is 0 Å². The summed E-state index contributed by atoms with van der Waals surface area (Å²) >= 11 is 5.95. The predicted octanol–water partition coefficient (Wildman–Crippen LogP) is 1.72. The van der Waals surface area contributed by atoms with Crippen LogP contribution in [0.25, 0.3) is 0 Å². The maximum atomic E-state index is 12.0. The Hall–Kier alpha value is -2.04. The van der Waals surface area contributed by atoms with Gasteiger partial charge in [0.15, 0.2) is 6.54 Å². The first-order valence-corrected chi connectivity index (χ1v) is 8.40. The lowest BCUT2D eigenvalue weighted by molar-refractivity contribution is -0.885. The molecule has 1 atom stereocenters. The molecule has 0 bridgehead atoms. The number of nitrogens with one attached hydrogen (secondary N) is 2. The lowest BCUT2D eigenvalue weighted by Crippen LogP contribution is -3.08. The van der Waals surface area contributed by atoms with Gasteiger partial charge in [0, 0.05) is 17.1 Å². The third-order valence-electron chi connectivity index (χ3n) is 3.73. The molecular formula is C19H24ClN2O2+. The molecule has 0 aromatic heterocycles. The summed E-state index contributed by atoms with van der Waals surface area (Å²) in [6.07, 6.45) is 0.779. The van der Waals surface area contributed by atoms with Gasteiger partial charge in [-0.1, -0.05) is 35.9 Å². The molecule has 0 radical (unpaired) electrons. The van der Waals surface area contributed by atoms with Crippen molar-refractivity contribution >= 4 is 17.5 Å². The van der Waals surface area contributed by atoms with Crippen LogP contribution in [0.1, 0.15) is 11.1 Å². The van der Waals surface area contributed by atoms with Crippen molar-refractivity contribution in [1.29, 1.82) is 0 Å². The molecule has 0 aliphatic rings. The highest BCUT2D eigenvalue weighted by Crippen LogP contribution is 2.11. The highest BCUT2D eigenvalue weighted by Gasteiger charge is 2.10. The summed E-state index contributed by atoms with van der Waals surface area (Å²) in [5.74, 6) is 0.892. The van der Waals surface area contributed by atoms with Gasteiger partial charge >= 0.3 is 0 Å². The number of hydrogen-bond donors (Lipinski definition) is 2. The highest BCUT2D eigenvalue weighted by atomic mass is 35.5. The van der Waals surface area contributed by atoms with E-state index in [0.29, 0.717) is 13.1 Å². The van der Waals surface area contributed by atoms with Crippen LogP contribution in [0.2, 0.25) is 5.02 Å². The van der Waals surface area contributed by atoms with Crippen molar-refractivity contribution in [2.45, 2.75) is 13.0 Å². The summed E-state index contributed by atoms with van der Waals surface area (Å²) in [6, 6.07) is 15.6. The summed E-state index contributed by atoms with van der Waals surface area (Å²) < 4.78 is 5.22. The predicted molar refractivity (Wildman–Crippen MR) is 96.6 cm³/mol. The molecule has 0 aliphatic carbocycles. The number of hydrogen-bond acceptors (Lipinski definition) is 2. The van der Waals surface area contributed by atoms with Crippen LogP contribution in [0.15, 0.2) is 48.5 Å². The summed E-state index contributed by atoms with van der Waals surface area (Å²) in [4.78, 5) is 13.2. The molecule has 128 valence electrons. The number of likely N-dealkylation sites (N-methyl/N-ethyl adjacent to an activating group) is 1. The average molecular weight is 348 g/mol. The summed E-state index contributed by atoms with van der Waals surface area (Å²) in [5, 5.41) is 3.69. The molecule has 5 heteroatoms. The first-order valence-electron chi connectivity index (χ1n) is 8.02. The smallest absolute Gasteiger partial charge is 0.275 e. The SMILES string of the molecule is COc1cccc(C[NH+](C)CC(=O)NCCc2cccc(Cl)c2)c1. The first kappa shape index (κ1) is 18.3. The third kappa shape index (κ3) is 6.22. The fourth-order valence-corrected chi connectivity index (χ4v) is 2.78. The minimum Gasteiger partial charge on any atom is -0.497 e. The van der Waals surface area contributed by atoms with E-state index in [4.69, 9.17) is 16.3 Å². The van der Waals surface area contributed by atoms with Crippen molar-refractivity contribution in [2.24, 2.45) is 0 Å². The molecule has 2 N–H and O–H groups in total. The number of rotatable bonds is 8. The Morgan fingerprint density at radius 3 is 2.67 bits per heavy atom. The standard InChI is InChI=1S/C19H23ClN2O2/c1-22(13-16-6-4-8-18(12-16)24-2)14-19(23)21-10-9-15-5-3-7-17(20)11-15/h3-8,11-12H,9-10,13-14H2,1-2H3,(H,21,23)/p+1. The normalized spacial score (nSPS) is 11.8. The number of carbonyl (C=O) groups excluding carboxylic acids is 1. The molecule has 4 nitrogen and oxygen atoms in total.